The van der Waals surface area contributed by atoms with Crippen molar-refractivity contribution in [1.82, 2.24) is 0 Å². The molecule has 42 heavy (non-hydrogen) atoms. The molecule has 0 radical (unpaired) electrons. The number of furan rings is 2. The van der Waals surface area contributed by atoms with Crippen LogP contribution in [0.25, 0.3) is 88.0 Å². The second kappa shape index (κ2) is 8.95. The molecule has 0 N–H and O–H groups in total. The van der Waals surface area contributed by atoms with Gasteiger partial charge in [-0.2, -0.15) is 0 Å². The van der Waals surface area contributed by atoms with Crippen molar-refractivity contribution in [3.8, 4) is 33.6 Å². The Morgan fingerprint density at radius 1 is 0.452 bits per heavy atom. The summed E-state index contributed by atoms with van der Waals surface area (Å²) in [5.41, 5.74) is 4.27. The van der Waals surface area contributed by atoms with Gasteiger partial charge in [-0.1, -0.05) is 121 Å². The van der Waals surface area contributed by atoms with E-state index in [-0.39, 0.29) is 51.3 Å². The van der Waals surface area contributed by atoms with Crippen LogP contribution in [0.4, 0.5) is 0 Å². The van der Waals surface area contributed by atoms with Crippen LogP contribution in [-0.2, 0) is 0 Å². The molecule has 0 saturated carbocycles. The molecule has 0 amide bonds. The van der Waals surface area contributed by atoms with Crippen LogP contribution in [0.15, 0.2) is 154 Å². The van der Waals surface area contributed by atoms with Gasteiger partial charge < -0.3 is 8.83 Å². The van der Waals surface area contributed by atoms with Gasteiger partial charge in [0, 0.05) is 16.3 Å². The molecule has 0 fully saturated rings. The van der Waals surface area contributed by atoms with E-state index in [9.17, 15) is 5.48 Å². The minimum atomic E-state index is -0.444. The van der Waals surface area contributed by atoms with Crippen LogP contribution in [0.3, 0.4) is 0 Å². The first kappa shape index (κ1) is 16.6. The summed E-state index contributed by atoms with van der Waals surface area (Å²) in [4.78, 5) is 0. The lowest BCUT2D eigenvalue weighted by Crippen LogP contribution is -1.91. The standard InChI is InChI=1S/C40H24O2/c1-3-12-25(13-4-1)36-24-33-34(41-36)23-22-32-39-31(20-11-21-35(39)42-40(32)33)38-29-18-9-7-16-27(29)37(26-14-5-2-6-15-26)28-17-8-10-19-30(28)38/h1-24H/i7D,8D,9D,10D,16D,17D,18D,19D. The summed E-state index contributed by atoms with van der Waals surface area (Å²) >= 11 is 0. The maximum atomic E-state index is 9.28. The third kappa shape index (κ3) is 3.33. The highest BCUT2D eigenvalue weighted by Gasteiger charge is 2.21. The monoisotopic (exact) mass is 544 g/mol. The maximum Gasteiger partial charge on any atom is 0.146 e. The molecule has 0 saturated heterocycles. The highest BCUT2D eigenvalue weighted by molar-refractivity contribution is 6.26. The number of fused-ring (bicyclic) bond motifs is 7. The number of hydrogen-bond acceptors (Lipinski definition) is 2. The Kier molecular flexibility index (Phi) is 3.54. The van der Waals surface area contributed by atoms with Crippen molar-refractivity contribution in [2.75, 3.05) is 0 Å². The summed E-state index contributed by atoms with van der Waals surface area (Å²) in [5.74, 6) is 0.675. The fraction of sp³-hybridized carbons (Fsp3) is 0. The minimum absolute atomic E-state index is 0.157. The van der Waals surface area contributed by atoms with Crippen LogP contribution in [-0.4, -0.2) is 0 Å². The molecular formula is C40H24O2. The zero-order valence-corrected chi connectivity index (χ0v) is 22.1. The summed E-state index contributed by atoms with van der Waals surface area (Å²) in [6, 6.07) is 26.8. The van der Waals surface area contributed by atoms with E-state index >= 15 is 0 Å². The normalized spacial score (nSPS) is 14.5. The summed E-state index contributed by atoms with van der Waals surface area (Å²) in [6.07, 6.45) is 0. The average Bonchev–Trinajstić information content (AvgIpc) is 3.76. The molecule has 2 heterocycles. The zero-order chi connectivity index (χ0) is 34.6. The summed E-state index contributed by atoms with van der Waals surface area (Å²) < 4.78 is 84.5. The molecule has 9 rings (SSSR count). The van der Waals surface area contributed by atoms with E-state index in [1.165, 1.54) is 0 Å². The van der Waals surface area contributed by atoms with Gasteiger partial charge in [-0.25, -0.2) is 0 Å². The number of rotatable bonds is 3. The van der Waals surface area contributed by atoms with Gasteiger partial charge in [0.25, 0.3) is 0 Å². The van der Waals surface area contributed by atoms with Crippen LogP contribution in [0.1, 0.15) is 11.0 Å². The Balaban J connectivity index is 1.51. The SMILES string of the molecule is [2H]c1c([2H])c([2H])c2c(-c3cccc4oc5c6cc(-c7ccccc7)oc6ccc5c34)c3c([2H])c([2H])c([2H])c([2H])c3c(-c3ccccc3)c2c1[2H]. The molecule has 7 aromatic carbocycles. The van der Waals surface area contributed by atoms with Gasteiger partial charge in [-0.3, -0.25) is 0 Å². The quantitative estimate of drug-likeness (QED) is 0.207. The van der Waals surface area contributed by atoms with E-state index in [0.717, 1.165) is 16.3 Å². The summed E-state index contributed by atoms with van der Waals surface area (Å²) in [7, 11) is 0. The second-order valence-corrected chi connectivity index (χ2v) is 10.2. The van der Waals surface area contributed by atoms with Gasteiger partial charge >= 0.3 is 0 Å². The maximum absolute atomic E-state index is 9.28. The molecule has 0 aliphatic carbocycles. The summed E-state index contributed by atoms with van der Waals surface area (Å²) in [6.45, 7) is 0. The highest BCUT2D eigenvalue weighted by atomic mass is 16.3. The smallest absolute Gasteiger partial charge is 0.146 e. The molecule has 196 valence electrons. The first-order valence-electron chi connectivity index (χ1n) is 17.6. The summed E-state index contributed by atoms with van der Waals surface area (Å²) in [5, 5.41) is 2.77. The van der Waals surface area contributed by atoms with Gasteiger partial charge in [0.1, 0.15) is 22.5 Å². The molecule has 0 unspecified atom stereocenters. The van der Waals surface area contributed by atoms with E-state index in [1.807, 2.05) is 66.7 Å². The van der Waals surface area contributed by atoms with Crippen LogP contribution >= 0.6 is 0 Å². The molecule has 0 spiro atoms. The first-order chi connectivity index (χ1) is 24.2. The lowest BCUT2D eigenvalue weighted by Gasteiger charge is -2.18. The number of benzene rings is 7. The van der Waals surface area contributed by atoms with Crippen LogP contribution < -0.4 is 0 Å². The predicted octanol–water partition coefficient (Wildman–Crippen LogP) is 11.6. The van der Waals surface area contributed by atoms with Crippen LogP contribution in [0.5, 0.6) is 0 Å². The first-order valence-corrected chi connectivity index (χ1v) is 13.6. The fourth-order valence-electron chi connectivity index (χ4n) is 6.14. The van der Waals surface area contributed by atoms with E-state index < -0.39 is 24.2 Å². The van der Waals surface area contributed by atoms with Crippen molar-refractivity contribution < 1.29 is 19.8 Å². The third-order valence-electron chi connectivity index (χ3n) is 7.92. The number of hydrogen-bond donors (Lipinski definition) is 0. The molecule has 2 nitrogen and oxygen atoms in total. The lowest BCUT2D eigenvalue weighted by atomic mass is 9.85. The van der Waals surface area contributed by atoms with Crippen molar-refractivity contribution in [2.24, 2.45) is 0 Å². The van der Waals surface area contributed by atoms with Gasteiger partial charge in [-0.15, -0.1) is 0 Å². The van der Waals surface area contributed by atoms with E-state index in [0.29, 0.717) is 44.6 Å². The van der Waals surface area contributed by atoms with Crippen LogP contribution in [0, 0.1) is 0 Å². The fourth-order valence-corrected chi connectivity index (χ4v) is 6.14. The molecule has 0 aliphatic rings. The van der Waals surface area contributed by atoms with Gasteiger partial charge in [-0.05, 0) is 68.1 Å². The third-order valence-corrected chi connectivity index (χ3v) is 7.92. The molecule has 0 aliphatic heterocycles. The molecule has 9 aromatic rings. The average molecular weight is 545 g/mol. The van der Waals surface area contributed by atoms with Gasteiger partial charge in [0.2, 0.25) is 0 Å². The molecule has 2 aromatic heterocycles. The molecular weight excluding hydrogens is 512 g/mol. The Morgan fingerprint density at radius 3 is 1.74 bits per heavy atom. The van der Waals surface area contributed by atoms with Crippen LogP contribution in [0.2, 0.25) is 0 Å². The Bertz CT molecular complexity index is 2810. The Morgan fingerprint density at radius 2 is 1.07 bits per heavy atom. The van der Waals surface area contributed by atoms with Gasteiger partial charge in [0.15, 0.2) is 0 Å². The van der Waals surface area contributed by atoms with E-state index in [1.54, 1.807) is 30.3 Å². The van der Waals surface area contributed by atoms with E-state index in [2.05, 4.69) is 0 Å². The predicted molar refractivity (Wildman–Crippen MR) is 175 cm³/mol. The second-order valence-electron chi connectivity index (χ2n) is 10.2. The topological polar surface area (TPSA) is 26.3 Å². The van der Waals surface area contributed by atoms with Gasteiger partial charge in [0.05, 0.1) is 16.4 Å². The molecule has 0 bridgehead atoms. The molecule has 2 heteroatoms. The Hall–Kier alpha value is -5.60. The minimum Gasteiger partial charge on any atom is -0.456 e. The largest absolute Gasteiger partial charge is 0.456 e. The lowest BCUT2D eigenvalue weighted by molar-refractivity contribution is 0.631. The van der Waals surface area contributed by atoms with Crippen molar-refractivity contribution in [1.29, 1.82) is 0 Å². The van der Waals surface area contributed by atoms with Crippen molar-refractivity contribution in [2.45, 2.75) is 0 Å². The molecule has 0 atom stereocenters. The Labute approximate surface area is 253 Å². The highest BCUT2D eigenvalue weighted by Crippen LogP contribution is 2.47. The van der Waals surface area contributed by atoms with Crippen molar-refractivity contribution >= 4 is 54.5 Å². The van der Waals surface area contributed by atoms with E-state index in [4.69, 9.17) is 14.3 Å². The van der Waals surface area contributed by atoms with Crippen molar-refractivity contribution in [3.05, 3.63) is 145 Å². The van der Waals surface area contributed by atoms with Crippen molar-refractivity contribution in [3.63, 3.8) is 0 Å². The zero-order valence-electron chi connectivity index (χ0n) is 30.1.